The van der Waals surface area contributed by atoms with Gasteiger partial charge in [-0.15, -0.1) is 11.8 Å². The third kappa shape index (κ3) is 5.79. The van der Waals surface area contributed by atoms with E-state index in [4.69, 9.17) is 11.6 Å². The fourth-order valence-electron chi connectivity index (χ4n) is 1.90. The van der Waals surface area contributed by atoms with Crippen LogP contribution in [0.25, 0.3) is 0 Å². The number of phenols is 1. The number of hydrogen-bond donors (Lipinski definition) is 3. The van der Waals surface area contributed by atoms with Gasteiger partial charge in [0.2, 0.25) is 11.8 Å². The van der Waals surface area contributed by atoms with Crippen LogP contribution >= 0.6 is 23.4 Å². The molecule has 5 nitrogen and oxygen atoms in total. The number of anilines is 2. The van der Waals surface area contributed by atoms with Crippen LogP contribution in [0.1, 0.15) is 5.56 Å². The van der Waals surface area contributed by atoms with E-state index in [-0.39, 0.29) is 29.1 Å². The molecule has 0 aliphatic carbocycles. The first-order valence-electron chi connectivity index (χ1n) is 7.16. The van der Waals surface area contributed by atoms with E-state index >= 15 is 0 Å². The second-order valence-corrected chi connectivity index (χ2v) is 6.54. The molecule has 0 aromatic heterocycles. The average molecular weight is 365 g/mol. The highest BCUT2D eigenvalue weighted by atomic mass is 35.5. The van der Waals surface area contributed by atoms with Gasteiger partial charge in [0, 0.05) is 10.7 Å². The fourth-order valence-corrected chi connectivity index (χ4v) is 2.64. The summed E-state index contributed by atoms with van der Waals surface area (Å²) in [6.45, 7) is 1.85. The standard InChI is InChI=1S/C17H17ClN2O3S/c1-11-2-7-14(15(21)8-11)20-17(23)10-24-9-16(22)19-13-5-3-12(18)4-6-13/h2-8,21H,9-10H2,1H3,(H,19,22)(H,20,23). The molecule has 2 aromatic rings. The second kappa shape index (κ2) is 8.61. The highest BCUT2D eigenvalue weighted by Crippen LogP contribution is 2.24. The van der Waals surface area contributed by atoms with Crippen LogP contribution in [0.4, 0.5) is 11.4 Å². The van der Waals surface area contributed by atoms with Gasteiger partial charge >= 0.3 is 0 Å². The van der Waals surface area contributed by atoms with Gasteiger partial charge in [-0.1, -0.05) is 17.7 Å². The van der Waals surface area contributed by atoms with Gasteiger partial charge in [-0.2, -0.15) is 0 Å². The third-order valence-corrected chi connectivity index (χ3v) is 4.21. The molecule has 0 heterocycles. The van der Waals surface area contributed by atoms with E-state index in [1.165, 1.54) is 11.8 Å². The van der Waals surface area contributed by atoms with Crippen molar-refractivity contribution in [1.29, 1.82) is 0 Å². The lowest BCUT2D eigenvalue weighted by molar-refractivity contribution is -0.114. The number of carbonyl (C=O) groups excluding carboxylic acids is 2. The number of halogens is 1. The van der Waals surface area contributed by atoms with E-state index in [0.29, 0.717) is 16.4 Å². The predicted molar refractivity (Wildman–Crippen MR) is 98.9 cm³/mol. The molecule has 0 atom stereocenters. The topological polar surface area (TPSA) is 78.4 Å². The van der Waals surface area contributed by atoms with Gasteiger partial charge in [-0.25, -0.2) is 0 Å². The summed E-state index contributed by atoms with van der Waals surface area (Å²) in [5, 5.41) is 15.7. The Kier molecular flexibility index (Phi) is 6.52. The monoisotopic (exact) mass is 364 g/mol. The zero-order chi connectivity index (χ0) is 17.5. The molecule has 0 aliphatic heterocycles. The Morgan fingerprint density at radius 3 is 2.29 bits per heavy atom. The number of carbonyl (C=O) groups is 2. The Morgan fingerprint density at radius 1 is 1.04 bits per heavy atom. The van der Waals surface area contributed by atoms with Crippen molar-refractivity contribution >= 4 is 46.6 Å². The zero-order valence-corrected chi connectivity index (χ0v) is 14.6. The maximum absolute atomic E-state index is 11.8. The Morgan fingerprint density at radius 2 is 1.67 bits per heavy atom. The number of phenolic OH excluding ortho intramolecular Hbond substituents is 1. The van der Waals surface area contributed by atoms with E-state index in [1.54, 1.807) is 42.5 Å². The van der Waals surface area contributed by atoms with Gasteiger partial charge in [-0.05, 0) is 48.9 Å². The molecular weight excluding hydrogens is 348 g/mol. The lowest BCUT2D eigenvalue weighted by atomic mass is 10.2. The van der Waals surface area contributed by atoms with E-state index in [0.717, 1.165) is 5.56 Å². The van der Waals surface area contributed by atoms with Crippen molar-refractivity contribution in [3.05, 3.63) is 53.1 Å². The molecule has 0 unspecified atom stereocenters. The van der Waals surface area contributed by atoms with Crippen LogP contribution in [0, 0.1) is 6.92 Å². The number of amides is 2. The minimum atomic E-state index is -0.279. The third-order valence-electron chi connectivity index (χ3n) is 3.02. The quantitative estimate of drug-likeness (QED) is 0.683. The minimum Gasteiger partial charge on any atom is -0.506 e. The number of aryl methyl sites for hydroxylation is 1. The highest BCUT2D eigenvalue weighted by molar-refractivity contribution is 8.00. The molecule has 0 aliphatic rings. The summed E-state index contributed by atoms with van der Waals surface area (Å²) in [5.74, 6) is -0.197. The predicted octanol–water partition coefficient (Wildman–Crippen LogP) is 3.66. The van der Waals surface area contributed by atoms with Gasteiger partial charge in [0.15, 0.2) is 0 Å². The fraction of sp³-hybridized carbons (Fsp3) is 0.176. The maximum atomic E-state index is 11.8. The smallest absolute Gasteiger partial charge is 0.234 e. The van der Waals surface area contributed by atoms with E-state index in [2.05, 4.69) is 10.6 Å². The van der Waals surface area contributed by atoms with E-state index < -0.39 is 0 Å². The molecule has 7 heteroatoms. The molecule has 2 rings (SSSR count). The highest BCUT2D eigenvalue weighted by Gasteiger charge is 2.09. The summed E-state index contributed by atoms with van der Waals surface area (Å²) >= 11 is 6.96. The van der Waals surface area contributed by atoms with Crippen molar-refractivity contribution in [2.24, 2.45) is 0 Å². The number of rotatable bonds is 6. The summed E-state index contributed by atoms with van der Waals surface area (Å²) in [6, 6.07) is 11.8. The van der Waals surface area contributed by atoms with Gasteiger partial charge in [0.05, 0.1) is 17.2 Å². The van der Waals surface area contributed by atoms with Crippen molar-refractivity contribution < 1.29 is 14.7 Å². The van der Waals surface area contributed by atoms with E-state index in [9.17, 15) is 14.7 Å². The number of thioether (sulfide) groups is 1. The lowest BCUT2D eigenvalue weighted by Crippen LogP contribution is -2.18. The van der Waals surface area contributed by atoms with Crippen molar-refractivity contribution in [3.63, 3.8) is 0 Å². The molecule has 0 fully saturated rings. The molecule has 2 aromatic carbocycles. The SMILES string of the molecule is Cc1ccc(NC(=O)CSCC(=O)Nc2ccc(Cl)cc2)c(O)c1. The first-order valence-corrected chi connectivity index (χ1v) is 8.70. The summed E-state index contributed by atoms with van der Waals surface area (Å²) in [6.07, 6.45) is 0. The summed E-state index contributed by atoms with van der Waals surface area (Å²) in [5.41, 5.74) is 1.91. The van der Waals surface area contributed by atoms with Crippen LogP contribution in [0.2, 0.25) is 5.02 Å². The lowest BCUT2D eigenvalue weighted by Gasteiger charge is -2.08. The van der Waals surface area contributed by atoms with Crippen molar-refractivity contribution in [1.82, 2.24) is 0 Å². The summed E-state index contributed by atoms with van der Waals surface area (Å²) in [7, 11) is 0. The van der Waals surface area contributed by atoms with Crippen LogP contribution < -0.4 is 10.6 Å². The first-order chi connectivity index (χ1) is 11.4. The van der Waals surface area contributed by atoms with Crippen LogP contribution in [0.3, 0.4) is 0 Å². The van der Waals surface area contributed by atoms with Gasteiger partial charge in [0.1, 0.15) is 5.75 Å². The molecule has 0 radical (unpaired) electrons. The Balaban J connectivity index is 1.73. The van der Waals surface area contributed by atoms with Gasteiger partial charge in [-0.3, -0.25) is 9.59 Å². The molecule has 0 saturated carbocycles. The number of nitrogens with one attached hydrogen (secondary N) is 2. The minimum absolute atomic E-state index is 0.0221. The summed E-state index contributed by atoms with van der Waals surface area (Å²) in [4.78, 5) is 23.6. The molecule has 24 heavy (non-hydrogen) atoms. The van der Waals surface area contributed by atoms with Crippen LogP contribution in [0.5, 0.6) is 5.75 Å². The van der Waals surface area contributed by atoms with Crippen LogP contribution in [0.15, 0.2) is 42.5 Å². The number of hydrogen-bond acceptors (Lipinski definition) is 4. The molecule has 0 saturated heterocycles. The molecule has 2 amide bonds. The van der Waals surface area contributed by atoms with Crippen LogP contribution in [-0.4, -0.2) is 28.4 Å². The normalized spacial score (nSPS) is 10.2. The van der Waals surface area contributed by atoms with Crippen molar-refractivity contribution in [3.8, 4) is 5.75 Å². The summed E-state index contributed by atoms with van der Waals surface area (Å²) < 4.78 is 0. The first kappa shape index (κ1) is 18.2. The van der Waals surface area contributed by atoms with Crippen molar-refractivity contribution in [2.45, 2.75) is 6.92 Å². The van der Waals surface area contributed by atoms with Crippen molar-refractivity contribution in [2.75, 3.05) is 22.1 Å². The Labute approximate surface area is 149 Å². The van der Waals surface area contributed by atoms with Gasteiger partial charge < -0.3 is 15.7 Å². The Hall–Kier alpha value is -2.18. The second-order valence-electron chi connectivity index (χ2n) is 5.12. The van der Waals surface area contributed by atoms with E-state index in [1.807, 2.05) is 6.92 Å². The number of benzene rings is 2. The number of aromatic hydroxyl groups is 1. The molecule has 0 bridgehead atoms. The largest absolute Gasteiger partial charge is 0.506 e. The molecule has 3 N–H and O–H groups in total. The van der Waals surface area contributed by atoms with Gasteiger partial charge in [0.25, 0.3) is 0 Å². The zero-order valence-electron chi connectivity index (χ0n) is 13.0. The van der Waals surface area contributed by atoms with Crippen LogP contribution in [-0.2, 0) is 9.59 Å². The molecular formula is C17H17ClN2O3S. The molecule has 0 spiro atoms. The average Bonchev–Trinajstić information content (AvgIpc) is 2.52. The molecule has 126 valence electrons. The maximum Gasteiger partial charge on any atom is 0.234 e. The Bertz CT molecular complexity index is 735.